The van der Waals surface area contributed by atoms with Gasteiger partial charge >= 0.3 is 0 Å². The van der Waals surface area contributed by atoms with E-state index >= 15 is 0 Å². The molecule has 0 bridgehead atoms. The summed E-state index contributed by atoms with van der Waals surface area (Å²) in [4.78, 5) is 2.71. The summed E-state index contributed by atoms with van der Waals surface area (Å²) in [6.45, 7) is 3.44. The van der Waals surface area contributed by atoms with Gasteiger partial charge < -0.3 is 4.90 Å². The average Bonchev–Trinajstić information content (AvgIpc) is 3.08. The maximum Gasteiger partial charge on any atom is 0.0410 e. The van der Waals surface area contributed by atoms with Gasteiger partial charge in [-0.25, -0.2) is 0 Å². The fourth-order valence-electron chi connectivity index (χ4n) is 4.03. The molecule has 1 aliphatic carbocycles. The summed E-state index contributed by atoms with van der Waals surface area (Å²) in [6, 6.07) is 7.77. The molecule has 0 amide bonds. The highest BCUT2D eigenvalue weighted by atomic mass is 79.9. The van der Waals surface area contributed by atoms with E-state index in [2.05, 4.69) is 46.0 Å². The van der Waals surface area contributed by atoms with Gasteiger partial charge in [-0.2, -0.15) is 0 Å². The number of benzene rings is 1. The van der Waals surface area contributed by atoms with Crippen molar-refractivity contribution >= 4 is 21.6 Å². The van der Waals surface area contributed by atoms with Crippen molar-refractivity contribution in [3.63, 3.8) is 0 Å². The fourth-order valence-corrected chi connectivity index (χ4v) is 4.47. The van der Waals surface area contributed by atoms with Gasteiger partial charge in [0, 0.05) is 23.6 Å². The maximum absolute atomic E-state index is 3.67. The van der Waals surface area contributed by atoms with Gasteiger partial charge in [-0.1, -0.05) is 46.5 Å². The van der Waals surface area contributed by atoms with Gasteiger partial charge in [-0.05, 0) is 50.2 Å². The van der Waals surface area contributed by atoms with Gasteiger partial charge in [0.2, 0.25) is 0 Å². The lowest BCUT2D eigenvalue weighted by Gasteiger charge is -2.32. The molecule has 104 valence electrons. The van der Waals surface area contributed by atoms with E-state index in [4.69, 9.17) is 0 Å². The van der Waals surface area contributed by atoms with Crippen LogP contribution in [0.25, 0.3) is 0 Å². The molecule has 1 aromatic carbocycles. The molecule has 1 saturated heterocycles. The second-order valence-electron chi connectivity index (χ2n) is 6.21. The predicted octanol–water partition coefficient (Wildman–Crippen LogP) is 5.05. The first kappa shape index (κ1) is 13.5. The normalized spacial score (nSPS) is 24.3. The summed E-state index contributed by atoms with van der Waals surface area (Å²) >= 11 is 3.67. The van der Waals surface area contributed by atoms with Gasteiger partial charge in [0.05, 0.1) is 0 Å². The molecule has 0 aromatic heterocycles. The smallest absolute Gasteiger partial charge is 0.0410 e. The zero-order valence-electron chi connectivity index (χ0n) is 11.9. The summed E-state index contributed by atoms with van der Waals surface area (Å²) in [6.07, 6.45) is 8.59. The van der Waals surface area contributed by atoms with Crippen molar-refractivity contribution < 1.29 is 0 Å². The van der Waals surface area contributed by atoms with Crippen LogP contribution in [-0.4, -0.2) is 12.6 Å². The summed E-state index contributed by atoms with van der Waals surface area (Å²) in [5.41, 5.74) is 4.32. The molecule has 0 radical (unpaired) electrons. The molecule has 19 heavy (non-hydrogen) atoms. The molecule has 2 fully saturated rings. The zero-order valence-corrected chi connectivity index (χ0v) is 13.5. The summed E-state index contributed by atoms with van der Waals surface area (Å²) in [5.74, 6) is 0.951. The molecular formula is C17H24BrN. The fraction of sp³-hybridized carbons (Fsp3) is 0.647. The Kier molecular flexibility index (Phi) is 4.16. The van der Waals surface area contributed by atoms with Crippen LogP contribution in [0.15, 0.2) is 18.2 Å². The molecule has 1 saturated carbocycles. The predicted molar refractivity (Wildman–Crippen MR) is 86.1 cm³/mol. The van der Waals surface area contributed by atoms with Gasteiger partial charge in [-0.3, -0.25) is 0 Å². The van der Waals surface area contributed by atoms with Crippen LogP contribution in [0.4, 0.5) is 5.69 Å². The van der Waals surface area contributed by atoms with Crippen molar-refractivity contribution in [1.29, 1.82) is 0 Å². The molecular weight excluding hydrogens is 298 g/mol. The molecule has 2 heteroatoms. The number of rotatable bonds is 3. The minimum Gasteiger partial charge on any atom is -0.368 e. The van der Waals surface area contributed by atoms with Crippen LogP contribution in [0.5, 0.6) is 0 Å². The standard InChI is InChI=1S/C17H24BrN/c1-13-8-9-17(15(11-13)12-18)19-10-4-7-16(19)14-5-2-3-6-14/h8-9,11,14,16H,2-7,10,12H2,1H3. The van der Waals surface area contributed by atoms with Crippen molar-refractivity contribution in [2.45, 2.75) is 56.8 Å². The Morgan fingerprint density at radius 1 is 1.16 bits per heavy atom. The molecule has 0 spiro atoms. The molecule has 1 heterocycles. The monoisotopic (exact) mass is 321 g/mol. The van der Waals surface area contributed by atoms with E-state index in [0.29, 0.717) is 0 Å². The Bertz CT molecular complexity index is 437. The average molecular weight is 322 g/mol. The Morgan fingerprint density at radius 2 is 1.95 bits per heavy atom. The van der Waals surface area contributed by atoms with Gasteiger partial charge in [0.25, 0.3) is 0 Å². The highest BCUT2D eigenvalue weighted by molar-refractivity contribution is 9.08. The third kappa shape index (κ3) is 2.69. The summed E-state index contributed by atoms with van der Waals surface area (Å²) in [5, 5.41) is 0.970. The molecule has 1 nitrogen and oxygen atoms in total. The number of hydrogen-bond donors (Lipinski definition) is 0. The Hall–Kier alpha value is -0.500. The minimum atomic E-state index is 0.808. The van der Waals surface area contributed by atoms with Crippen molar-refractivity contribution in [1.82, 2.24) is 0 Å². The van der Waals surface area contributed by atoms with Crippen LogP contribution < -0.4 is 4.90 Å². The number of alkyl halides is 1. The quantitative estimate of drug-likeness (QED) is 0.704. The van der Waals surface area contributed by atoms with Crippen molar-refractivity contribution in [2.24, 2.45) is 5.92 Å². The molecule has 1 atom stereocenters. The van der Waals surface area contributed by atoms with E-state index in [9.17, 15) is 0 Å². The SMILES string of the molecule is Cc1ccc(N2CCCC2C2CCCC2)c(CBr)c1. The minimum absolute atomic E-state index is 0.808. The molecule has 1 aromatic rings. The van der Waals surface area contributed by atoms with Crippen LogP contribution >= 0.6 is 15.9 Å². The number of aryl methyl sites for hydroxylation is 1. The summed E-state index contributed by atoms with van der Waals surface area (Å²) in [7, 11) is 0. The molecule has 0 N–H and O–H groups in total. The van der Waals surface area contributed by atoms with E-state index in [-0.39, 0.29) is 0 Å². The van der Waals surface area contributed by atoms with E-state index in [1.807, 2.05) is 0 Å². The Labute approximate surface area is 125 Å². The summed E-state index contributed by atoms with van der Waals surface area (Å²) < 4.78 is 0. The van der Waals surface area contributed by atoms with Crippen LogP contribution in [0.1, 0.15) is 49.7 Å². The molecule has 1 unspecified atom stereocenters. The van der Waals surface area contributed by atoms with Crippen LogP contribution in [-0.2, 0) is 5.33 Å². The number of nitrogens with zero attached hydrogens (tertiary/aromatic N) is 1. The van der Waals surface area contributed by atoms with Gasteiger partial charge in [0.1, 0.15) is 0 Å². The first-order valence-electron chi connectivity index (χ1n) is 7.71. The molecule has 1 aliphatic heterocycles. The zero-order chi connectivity index (χ0) is 13.2. The maximum atomic E-state index is 3.67. The second-order valence-corrected chi connectivity index (χ2v) is 6.77. The van der Waals surface area contributed by atoms with E-state index in [1.165, 1.54) is 61.9 Å². The van der Waals surface area contributed by atoms with E-state index < -0.39 is 0 Å². The highest BCUT2D eigenvalue weighted by Crippen LogP contribution is 2.39. The molecule has 3 rings (SSSR count). The van der Waals surface area contributed by atoms with Crippen LogP contribution in [0, 0.1) is 12.8 Å². The third-order valence-electron chi connectivity index (χ3n) is 4.93. The Morgan fingerprint density at radius 3 is 2.68 bits per heavy atom. The van der Waals surface area contributed by atoms with Crippen molar-refractivity contribution in [2.75, 3.05) is 11.4 Å². The third-order valence-corrected chi connectivity index (χ3v) is 5.54. The van der Waals surface area contributed by atoms with E-state index in [1.54, 1.807) is 0 Å². The first-order valence-corrected chi connectivity index (χ1v) is 8.84. The van der Waals surface area contributed by atoms with E-state index in [0.717, 1.165) is 17.3 Å². The van der Waals surface area contributed by atoms with Crippen molar-refractivity contribution in [3.05, 3.63) is 29.3 Å². The number of anilines is 1. The lowest BCUT2D eigenvalue weighted by molar-refractivity contribution is 0.430. The number of halogens is 1. The largest absolute Gasteiger partial charge is 0.368 e. The van der Waals surface area contributed by atoms with Crippen molar-refractivity contribution in [3.8, 4) is 0 Å². The highest BCUT2D eigenvalue weighted by Gasteiger charge is 2.33. The van der Waals surface area contributed by atoms with Gasteiger partial charge in [0.15, 0.2) is 0 Å². The Balaban J connectivity index is 1.87. The lowest BCUT2D eigenvalue weighted by atomic mass is 9.95. The van der Waals surface area contributed by atoms with Crippen LogP contribution in [0.3, 0.4) is 0 Å². The first-order chi connectivity index (χ1) is 9.29. The molecule has 2 aliphatic rings. The topological polar surface area (TPSA) is 3.24 Å². The second kappa shape index (κ2) is 5.87. The van der Waals surface area contributed by atoms with Gasteiger partial charge in [-0.15, -0.1) is 0 Å². The number of hydrogen-bond acceptors (Lipinski definition) is 1. The van der Waals surface area contributed by atoms with Crippen LogP contribution in [0.2, 0.25) is 0 Å². The lowest BCUT2D eigenvalue weighted by Crippen LogP contribution is -2.35.